The molecular weight excluding hydrogens is 326 g/mol. The van der Waals surface area contributed by atoms with Crippen molar-refractivity contribution >= 4 is 5.91 Å². The molecule has 2 aromatic rings. The van der Waals surface area contributed by atoms with Crippen LogP contribution in [0.2, 0.25) is 0 Å². The molecule has 0 aliphatic heterocycles. The molecule has 1 aliphatic rings. The van der Waals surface area contributed by atoms with Gasteiger partial charge in [0.1, 0.15) is 0 Å². The molecule has 0 atom stereocenters. The maximum absolute atomic E-state index is 13.3. The zero-order valence-electron chi connectivity index (χ0n) is 16.7. The molecule has 1 fully saturated rings. The number of aryl methyl sites for hydroxylation is 4. The Balaban J connectivity index is 1.87. The van der Waals surface area contributed by atoms with Crippen molar-refractivity contribution in [3.8, 4) is 0 Å². The first kappa shape index (κ1) is 18.7. The molecule has 3 rings (SSSR count). The highest BCUT2D eigenvalue weighted by Crippen LogP contribution is 2.27. The van der Waals surface area contributed by atoms with Crippen LogP contribution in [0, 0.1) is 26.7 Å². The summed E-state index contributed by atoms with van der Waals surface area (Å²) in [7, 11) is 3.91. The Morgan fingerprint density at radius 2 is 1.77 bits per heavy atom. The molecule has 1 aliphatic carbocycles. The molecular formula is C20H31N5O. The lowest BCUT2D eigenvalue weighted by Gasteiger charge is -2.29. The summed E-state index contributed by atoms with van der Waals surface area (Å²) in [5, 5.41) is 8.97. The van der Waals surface area contributed by atoms with Crippen molar-refractivity contribution in [1.29, 1.82) is 0 Å². The van der Waals surface area contributed by atoms with Crippen LogP contribution in [0.3, 0.4) is 0 Å². The van der Waals surface area contributed by atoms with Crippen molar-refractivity contribution in [2.75, 3.05) is 0 Å². The highest BCUT2D eigenvalue weighted by Gasteiger charge is 2.28. The van der Waals surface area contributed by atoms with E-state index < -0.39 is 0 Å². The topological polar surface area (TPSA) is 56.0 Å². The summed E-state index contributed by atoms with van der Waals surface area (Å²) in [4.78, 5) is 15.3. The fourth-order valence-electron chi connectivity index (χ4n) is 4.06. The Morgan fingerprint density at radius 3 is 2.31 bits per heavy atom. The summed E-state index contributed by atoms with van der Waals surface area (Å²) in [6.07, 6.45) is 5.63. The third-order valence-electron chi connectivity index (χ3n) is 5.73. The molecule has 1 saturated carbocycles. The predicted molar refractivity (Wildman–Crippen MR) is 101 cm³/mol. The van der Waals surface area contributed by atoms with Crippen LogP contribution in [0.4, 0.5) is 0 Å². The summed E-state index contributed by atoms with van der Waals surface area (Å²) < 4.78 is 3.79. The fraction of sp³-hybridized carbons (Fsp3) is 0.650. The number of aromatic nitrogens is 4. The number of carbonyl (C=O) groups is 1. The van der Waals surface area contributed by atoms with E-state index in [4.69, 9.17) is 0 Å². The third kappa shape index (κ3) is 3.84. The van der Waals surface area contributed by atoms with Gasteiger partial charge in [0.2, 0.25) is 5.91 Å². The molecule has 0 radical (unpaired) electrons. The van der Waals surface area contributed by atoms with Crippen LogP contribution in [-0.4, -0.2) is 30.4 Å². The summed E-state index contributed by atoms with van der Waals surface area (Å²) in [5.74, 6) is 0.446. The minimum atomic E-state index is 0.162. The van der Waals surface area contributed by atoms with Crippen molar-refractivity contribution in [2.45, 2.75) is 66.0 Å². The van der Waals surface area contributed by atoms with Crippen molar-refractivity contribution in [3.63, 3.8) is 0 Å². The van der Waals surface area contributed by atoms with Gasteiger partial charge < -0.3 is 4.90 Å². The van der Waals surface area contributed by atoms with E-state index >= 15 is 0 Å². The maximum atomic E-state index is 13.3. The zero-order chi connectivity index (χ0) is 18.8. The monoisotopic (exact) mass is 357 g/mol. The SMILES string of the molecule is Cc1cc(CN(Cc2c(C)nn(C)c2C)C(=O)C2CCCCC2)n(C)n1. The molecule has 26 heavy (non-hydrogen) atoms. The van der Waals surface area contributed by atoms with Crippen LogP contribution in [0.25, 0.3) is 0 Å². The average molecular weight is 358 g/mol. The lowest BCUT2D eigenvalue weighted by atomic mass is 9.88. The maximum Gasteiger partial charge on any atom is 0.226 e. The zero-order valence-corrected chi connectivity index (χ0v) is 16.7. The Kier molecular flexibility index (Phi) is 5.49. The molecule has 2 aromatic heterocycles. The number of amides is 1. The Bertz CT molecular complexity index is 782. The van der Waals surface area contributed by atoms with Gasteiger partial charge in [-0.15, -0.1) is 0 Å². The van der Waals surface area contributed by atoms with E-state index in [0.717, 1.165) is 41.2 Å². The van der Waals surface area contributed by atoms with E-state index in [-0.39, 0.29) is 11.8 Å². The van der Waals surface area contributed by atoms with Gasteiger partial charge in [-0.1, -0.05) is 19.3 Å². The van der Waals surface area contributed by atoms with Gasteiger partial charge in [-0.2, -0.15) is 10.2 Å². The number of hydrogen-bond acceptors (Lipinski definition) is 3. The van der Waals surface area contributed by atoms with Crippen LogP contribution in [-0.2, 0) is 32.0 Å². The van der Waals surface area contributed by atoms with Crippen LogP contribution >= 0.6 is 0 Å². The van der Waals surface area contributed by atoms with Gasteiger partial charge in [0.05, 0.1) is 23.6 Å². The van der Waals surface area contributed by atoms with E-state index in [1.165, 1.54) is 19.3 Å². The van der Waals surface area contributed by atoms with Crippen molar-refractivity contribution in [3.05, 3.63) is 34.4 Å². The summed E-state index contributed by atoms with van der Waals surface area (Å²) in [5.41, 5.74) is 5.36. The van der Waals surface area contributed by atoms with Gasteiger partial charge in [0.15, 0.2) is 0 Å². The smallest absolute Gasteiger partial charge is 0.226 e. The minimum Gasteiger partial charge on any atom is -0.332 e. The molecule has 0 N–H and O–H groups in total. The van der Waals surface area contributed by atoms with Crippen LogP contribution in [0.15, 0.2) is 6.07 Å². The second kappa shape index (κ2) is 7.64. The van der Waals surface area contributed by atoms with E-state index in [2.05, 4.69) is 23.2 Å². The molecule has 0 aromatic carbocycles. The van der Waals surface area contributed by atoms with E-state index in [1.807, 2.05) is 42.2 Å². The highest BCUT2D eigenvalue weighted by atomic mass is 16.2. The van der Waals surface area contributed by atoms with Crippen molar-refractivity contribution in [1.82, 2.24) is 24.5 Å². The second-order valence-corrected chi connectivity index (χ2v) is 7.70. The van der Waals surface area contributed by atoms with E-state index in [9.17, 15) is 4.79 Å². The number of rotatable bonds is 5. The van der Waals surface area contributed by atoms with Gasteiger partial charge in [-0.3, -0.25) is 14.2 Å². The average Bonchev–Trinajstić information content (AvgIpc) is 3.06. The normalized spacial score (nSPS) is 15.4. The van der Waals surface area contributed by atoms with Crippen LogP contribution < -0.4 is 0 Å². The van der Waals surface area contributed by atoms with Crippen LogP contribution in [0.1, 0.15) is 60.4 Å². The highest BCUT2D eigenvalue weighted by molar-refractivity contribution is 5.79. The van der Waals surface area contributed by atoms with Crippen molar-refractivity contribution in [2.24, 2.45) is 20.0 Å². The van der Waals surface area contributed by atoms with Gasteiger partial charge in [-0.05, 0) is 39.7 Å². The Hall–Kier alpha value is -2.11. The number of carbonyl (C=O) groups excluding carboxylic acids is 1. The lowest BCUT2D eigenvalue weighted by Crippen LogP contribution is -2.37. The van der Waals surface area contributed by atoms with E-state index in [0.29, 0.717) is 13.1 Å². The largest absolute Gasteiger partial charge is 0.332 e. The quantitative estimate of drug-likeness (QED) is 0.826. The molecule has 0 spiro atoms. The lowest BCUT2D eigenvalue weighted by molar-refractivity contribution is -0.138. The molecule has 0 unspecified atom stereocenters. The summed E-state index contributed by atoms with van der Waals surface area (Å²) in [6, 6.07) is 2.07. The molecule has 2 heterocycles. The molecule has 1 amide bonds. The molecule has 6 heteroatoms. The summed E-state index contributed by atoms with van der Waals surface area (Å²) >= 11 is 0. The summed E-state index contributed by atoms with van der Waals surface area (Å²) in [6.45, 7) is 7.31. The fourth-order valence-corrected chi connectivity index (χ4v) is 4.06. The molecule has 142 valence electrons. The first-order chi connectivity index (χ1) is 12.4. The second-order valence-electron chi connectivity index (χ2n) is 7.70. The standard InChI is InChI=1S/C20H31N5O/c1-14-11-18(24(5)21-14)12-25(20(26)17-9-7-6-8-10-17)13-19-15(2)22-23(4)16(19)3/h11,17H,6-10,12-13H2,1-5H3. The molecule has 6 nitrogen and oxygen atoms in total. The molecule has 0 saturated heterocycles. The first-order valence-electron chi connectivity index (χ1n) is 9.64. The van der Waals surface area contributed by atoms with Gasteiger partial charge >= 0.3 is 0 Å². The predicted octanol–water partition coefficient (Wildman–Crippen LogP) is 3.19. The number of nitrogens with zero attached hydrogens (tertiary/aromatic N) is 5. The van der Waals surface area contributed by atoms with Gasteiger partial charge in [0.25, 0.3) is 0 Å². The molecule has 0 bridgehead atoms. The first-order valence-corrected chi connectivity index (χ1v) is 9.64. The van der Waals surface area contributed by atoms with Gasteiger partial charge in [-0.25, -0.2) is 0 Å². The van der Waals surface area contributed by atoms with E-state index in [1.54, 1.807) is 0 Å². The van der Waals surface area contributed by atoms with Crippen molar-refractivity contribution < 1.29 is 4.79 Å². The Morgan fingerprint density at radius 1 is 1.08 bits per heavy atom. The minimum absolute atomic E-state index is 0.162. The van der Waals surface area contributed by atoms with Crippen LogP contribution in [0.5, 0.6) is 0 Å². The van der Waals surface area contributed by atoms with Gasteiger partial charge in [0, 0.05) is 37.8 Å². The number of hydrogen-bond donors (Lipinski definition) is 0. The Labute approximate surface area is 156 Å². The third-order valence-corrected chi connectivity index (χ3v) is 5.73.